The smallest absolute Gasteiger partial charge is 0.0495 e. The molecule has 0 heterocycles. The highest BCUT2D eigenvalue weighted by Gasteiger charge is 2.01. The molecule has 0 atom stereocenters. The molecule has 0 bridgehead atoms. The van der Waals surface area contributed by atoms with Gasteiger partial charge in [-0.15, -0.1) is 0 Å². The summed E-state index contributed by atoms with van der Waals surface area (Å²) in [4.78, 5) is 0. The topological polar surface area (TPSA) is 0 Å². The van der Waals surface area contributed by atoms with E-state index in [2.05, 4.69) is 13.2 Å². The number of rotatable bonds is 2. The maximum absolute atomic E-state index is 5.88. The number of halogens is 3. The molecular weight excluding hydrogens is 323 g/mol. The number of hydrogen-bond donors (Lipinski definition) is 0. The fourth-order valence-electron chi connectivity index (χ4n) is 1.70. The molecule has 2 rings (SSSR count). The maximum atomic E-state index is 5.88. The summed E-state index contributed by atoms with van der Waals surface area (Å²) in [6, 6.07) is 9.64. The van der Waals surface area contributed by atoms with E-state index in [-0.39, 0.29) is 0 Å². The highest BCUT2D eigenvalue weighted by atomic mass is 35.5. The lowest BCUT2D eigenvalue weighted by Crippen LogP contribution is -1.79. The van der Waals surface area contributed by atoms with Crippen LogP contribution in [0.5, 0.6) is 0 Å². The Bertz CT molecular complexity index is 635. The molecule has 0 amide bonds. The van der Waals surface area contributed by atoms with Gasteiger partial charge in [-0.05, 0) is 48.7 Å². The van der Waals surface area contributed by atoms with Gasteiger partial charge in [0.2, 0.25) is 0 Å². The van der Waals surface area contributed by atoms with Crippen LogP contribution in [0, 0.1) is 13.8 Å². The molecule has 0 aliphatic carbocycles. The first-order valence-corrected chi connectivity index (χ1v) is 7.49. The van der Waals surface area contributed by atoms with Crippen LogP contribution in [0.15, 0.2) is 43.5 Å². The van der Waals surface area contributed by atoms with E-state index in [1.54, 1.807) is 12.2 Å². The molecule has 0 spiro atoms. The van der Waals surface area contributed by atoms with Gasteiger partial charge >= 0.3 is 0 Å². The fourth-order valence-corrected chi connectivity index (χ4v) is 2.77. The maximum Gasteiger partial charge on any atom is 0.0495 e. The van der Waals surface area contributed by atoms with Crippen LogP contribution in [0.2, 0.25) is 15.1 Å². The average molecular weight is 340 g/mol. The van der Waals surface area contributed by atoms with Crippen LogP contribution in [0.3, 0.4) is 0 Å². The second kappa shape index (κ2) is 8.29. The highest BCUT2D eigenvalue weighted by molar-refractivity contribution is 6.37. The lowest BCUT2D eigenvalue weighted by atomic mass is 10.1. The lowest BCUT2D eigenvalue weighted by Gasteiger charge is -2.02. The third-order valence-corrected chi connectivity index (χ3v) is 3.76. The van der Waals surface area contributed by atoms with Crippen molar-refractivity contribution in [2.24, 2.45) is 0 Å². The molecule has 0 radical (unpaired) electrons. The first-order valence-electron chi connectivity index (χ1n) is 6.35. The van der Waals surface area contributed by atoms with Gasteiger partial charge in [0.1, 0.15) is 0 Å². The minimum Gasteiger partial charge on any atom is -0.0984 e. The van der Waals surface area contributed by atoms with Gasteiger partial charge in [-0.2, -0.15) is 0 Å². The third-order valence-electron chi connectivity index (χ3n) is 2.80. The van der Waals surface area contributed by atoms with E-state index >= 15 is 0 Å². The van der Waals surface area contributed by atoms with Crippen molar-refractivity contribution in [1.29, 1.82) is 0 Å². The van der Waals surface area contributed by atoms with Crippen LogP contribution in [-0.4, -0.2) is 0 Å². The minimum atomic E-state index is 0.657. The third kappa shape index (κ3) is 5.24. The summed E-state index contributed by atoms with van der Waals surface area (Å²) in [5.74, 6) is 0. The van der Waals surface area contributed by atoms with Gasteiger partial charge in [-0.1, -0.05) is 72.2 Å². The van der Waals surface area contributed by atoms with Crippen molar-refractivity contribution in [1.82, 2.24) is 0 Å². The molecule has 2 aromatic carbocycles. The van der Waals surface area contributed by atoms with E-state index in [0.29, 0.717) is 10.0 Å². The molecule has 0 aromatic heterocycles. The molecule has 0 unspecified atom stereocenters. The van der Waals surface area contributed by atoms with E-state index in [9.17, 15) is 0 Å². The second-order valence-corrected chi connectivity index (χ2v) is 5.80. The minimum absolute atomic E-state index is 0.657. The zero-order chi connectivity index (χ0) is 16.0. The SMILES string of the molecule is C=Cc1c(Cl)cc(C)cc1Cl.C=Cc1ccc(C)cc1Cl. The van der Waals surface area contributed by atoms with Crippen molar-refractivity contribution in [2.45, 2.75) is 13.8 Å². The van der Waals surface area contributed by atoms with Gasteiger partial charge in [-0.3, -0.25) is 0 Å². The van der Waals surface area contributed by atoms with Crippen LogP contribution < -0.4 is 0 Å². The normalized spacial score (nSPS) is 9.57. The van der Waals surface area contributed by atoms with Gasteiger partial charge in [0.25, 0.3) is 0 Å². The molecule has 0 saturated heterocycles. The van der Waals surface area contributed by atoms with Crippen LogP contribution in [0.1, 0.15) is 22.3 Å². The molecule has 0 saturated carbocycles. The van der Waals surface area contributed by atoms with Gasteiger partial charge < -0.3 is 0 Å². The summed E-state index contributed by atoms with van der Waals surface area (Å²) in [5, 5.41) is 2.09. The zero-order valence-electron chi connectivity index (χ0n) is 12.1. The largest absolute Gasteiger partial charge is 0.0984 e. The average Bonchev–Trinajstić information content (AvgIpc) is 2.39. The van der Waals surface area contributed by atoms with E-state index in [1.807, 2.05) is 44.2 Å². The molecule has 21 heavy (non-hydrogen) atoms. The summed E-state index contributed by atoms with van der Waals surface area (Å²) in [5.41, 5.74) is 4.03. The zero-order valence-corrected chi connectivity index (χ0v) is 14.4. The fraction of sp³-hybridized carbons (Fsp3) is 0.111. The molecule has 0 aliphatic rings. The van der Waals surface area contributed by atoms with Crippen LogP contribution in [0.25, 0.3) is 12.2 Å². The Labute approximate surface area is 141 Å². The Morgan fingerprint density at radius 1 is 0.762 bits per heavy atom. The van der Waals surface area contributed by atoms with Crippen molar-refractivity contribution in [2.75, 3.05) is 0 Å². The summed E-state index contributed by atoms with van der Waals surface area (Å²) >= 11 is 17.6. The van der Waals surface area contributed by atoms with Crippen molar-refractivity contribution < 1.29 is 0 Å². The standard InChI is InChI=1S/C9H8Cl2.C9H9Cl/c1-3-7-8(10)4-6(2)5-9(7)11;1-3-8-5-4-7(2)6-9(8)10/h3-5H,1H2,2H3;3-6H,1H2,2H3. The van der Waals surface area contributed by atoms with Gasteiger partial charge in [0, 0.05) is 20.6 Å². The highest BCUT2D eigenvalue weighted by Crippen LogP contribution is 2.26. The monoisotopic (exact) mass is 338 g/mol. The van der Waals surface area contributed by atoms with E-state index in [0.717, 1.165) is 21.7 Å². The van der Waals surface area contributed by atoms with Crippen molar-refractivity contribution in [3.05, 3.63) is 80.8 Å². The van der Waals surface area contributed by atoms with Gasteiger partial charge in [0.05, 0.1) is 0 Å². The molecule has 0 nitrogen and oxygen atoms in total. The van der Waals surface area contributed by atoms with E-state index in [4.69, 9.17) is 34.8 Å². The van der Waals surface area contributed by atoms with Crippen molar-refractivity contribution >= 4 is 47.0 Å². The van der Waals surface area contributed by atoms with Crippen LogP contribution in [-0.2, 0) is 0 Å². The predicted octanol–water partition coefficient (Wildman–Crippen LogP) is 7.24. The number of aryl methyl sites for hydroxylation is 2. The van der Waals surface area contributed by atoms with Crippen molar-refractivity contribution in [3.63, 3.8) is 0 Å². The first-order chi connectivity index (χ1) is 9.88. The van der Waals surface area contributed by atoms with Crippen molar-refractivity contribution in [3.8, 4) is 0 Å². The predicted molar refractivity (Wildman–Crippen MR) is 97.6 cm³/mol. The summed E-state index contributed by atoms with van der Waals surface area (Å²) in [7, 11) is 0. The molecule has 3 heteroatoms. The Morgan fingerprint density at radius 2 is 1.29 bits per heavy atom. The Balaban J connectivity index is 0.000000211. The second-order valence-electron chi connectivity index (χ2n) is 4.58. The molecule has 0 N–H and O–H groups in total. The summed E-state index contributed by atoms with van der Waals surface area (Å²) in [6.45, 7) is 11.2. The van der Waals surface area contributed by atoms with Gasteiger partial charge in [0.15, 0.2) is 0 Å². The summed E-state index contributed by atoms with van der Waals surface area (Å²) < 4.78 is 0. The van der Waals surface area contributed by atoms with E-state index in [1.165, 1.54) is 5.56 Å². The van der Waals surface area contributed by atoms with Gasteiger partial charge in [-0.25, -0.2) is 0 Å². The molecule has 2 aromatic rings. The van der Waals surface area contributed by atoms with Crippen LogP contribution in [0.4, 0.5) is 0 Å². The van der Waals surface area contributed by atoms with E-state index < -0.39 is 0 Å². The summed E-state index contributed by atoms with van der Waals surface area (Å²) in [6.07, 6.45) is 3.41. The number of benzene rings is 2. The molecular formula is C18H17Cl3. The number of hydrogen-bond acceptors (Lipinski definition) is 0. The Hall–Kier alpha value is -1.21. The Morgan fingerprint density at radius 3 is 1.71 bits per heavy atom. The lowest BCUT2D eigenvalue weighted by molar-refractivity contribution is 1.46. The quantitative estimate of drug-likeness (QED) is 0.541. The molecule has 0 aliphatic heterocycles. The van der Waals surface area contributed by atoms with Crippen LogP contribution >= 0.6 is 34.8 Å². The Kier molecular flexibility index (Phi) is 7.04. The molecule has 110 valence electrons. The first kappa shape index (κ1) is 17.8. The molecule has 0 fully saturated rings.